The van der Waals surface area contributed by atoms with Gasteiger partial charge in [-0.05, 0) is 58.4 Å². The van der Waals surface area contributed by atoms with E-state index in [1.54, 1.807) is 0 Å². The summed E-state index contributed by atoms with van der Waals surface area (Å²) in [7, 11) is 0. The Balaban J connectivity index is 1.87. The highest BCUT2D eigenvalue weighted by molar-refractivity contribution is 4.86. The fourth-order valence-electron chi connectivity index (χ4n) is 3.59. The molecule has 2 aliphatic rings. The first kappa shape index (κ1) is 13.4. The predicted octanol–water partition coefficient (Wildman–Crippen LogP) is 3.03. The number of rotatable bonds is 4. The SMILES string of the molecule is CC1CCC(N(CC2CCCCN2)C(C)C)C1. The maximum Gasteiger partial charge on any atom is 0.0195 e. The van der Waals surface area contributed by atoms with Gasteiger partial charge in [-0.3, -0.25) is 4.90 Å². The first-order valence-corrected chi connectivity index (χ1v) is 7.66. The summed E-state index contributed by atoms with van der Waals surface area (Å²) in [6, 6.07) is 2.31. The van der Waals surface area contributed by atoms with Crippen molar-refractivity contribution in [3.05, 3.63) is 0 Å². The average Bonchev–Trinajstić information content (AvgIpc) is 2.73. The molecule has 1 saturated heterocycles. The fraction of sp³-hybridized carbons (Fsp3) is 1.00. The lowest BCUT2D eigenvalue weighted by Crippen LogP contribution is -2.49. The van der Waals surface area contributed by atoms with Crippen molar-refractivity contribution in [3.63, 3.8) is 0 Å². The monoisotopic (exact) mass is 238 g/mol. The van der Waals surface area contributed by atoms with E-state index in [9.17, 15) is 0 Å². The van der Waals surface area contributed by atoms with Crippen molar-refractivity contribution in [2.24, 2.45) is 5.92 Å². The number of piperidine rings is 1. The summed E-state index contributed by atoms with van der Waals surface area (Å²) >= 11 is 0. The Hall–Kier alpha value is -0.0800. The van der Waals surface area contributed by atoms with E-state index in [4.69, 9.17) is 0 Å². The summed E-state index contributed by atoms with van der Waals surface area (Å²) in [4.78, 5) is 2.77. The minimum atomic E-state index is 0.703. The van der Waals surface area contributed by atoms with E-state index < -0.39 is 0 Å². The van der Waals surface area contributed by atoms with Gasteiger partial charge in [0.2, 0.25) is 0 Å². The molecule has 1 heterocycles. The summed E-state index contributed by atoms with van der Waals surface area (Å²) in [6.45, 7) is 9.65. The minimum absolute atomic E-state index is 0.703. The Bertz CT molecular complexity index is 221. The first-order valence-electron chi connectivity index (χ1n) is 7.66. The smallest absolute Gasteiger partial charge is 0.0195 e. The Labute approximate surface area is 107 Å². The highest BCUT2D eigenvalue weighted by Gasteiger charge is 2.30. The molecule has 0 amide bonds. The second-order valence-corrected chi connectivity index (χ2v) is 6.51. The van der Waals surface area contributed by atoms with E-state index >= 15 is 0 Å². The Morgan fingerprint density at radius 3 is 2.53 bits per heavy atom. The molecule has 0 bridgehead atoms. The van der Waals surface area contributed by atoms with Crippen LogP contribution >= 0.6 is 0 Å². The molecule has 3 unspecified atom stereocenters. The van der Waals surface area contributed by atoms with Gasteiger partial charge in [0.05, 0.1) is 0 Å². The van der Waals surface area contributed by atoms with Crippen molar-refractivity contribution in [2.45, 2.75) is 77.4 Å². The maximum absolute atomic E-state index is 3.70. The van der Waals surface area contributed by atoms with Crippen LogP contribution in [0.5, 0.6) is 0 Å². The zero-order chi connectivity index (χ0) is 12.3. The van der Waals surface area contributed by atoms with Gasteiger partial charge >= 0.3 is 0 Å². The van der Waals surface area contributed by atoms with Gasteiger partial charge in [0.15, 0.2) is 0 Å². The van der Waals surface area contributed by atoms with Crippen molar-refractivity contribution in [3.8, 4) is 0 Å². The van der Waals surface area contributed by atoms with E-state index in [0.29, 0.717) is 6.04 Å². The van der Waals surface area contributed by atoms with E-state index in [-0.39, 0.29) is 0 Å². The summed E-state index contributed by atoms with van der Waals surface area (Å²) in [5.74, 6) is 0.945. The van der Waals surface area contributed by atoms with E-state index in [1.165, 1.54) is 51.6 Å². The predicted molar refractivity (Wildman–Crippen MR) is 74.3 cm³/mol. The van der Waals surface area contributed by atoms with Crippen molar-refractivity contribution >= 4 is 0 Å². The van der Waals surface area contributed by atoms with Crippen LogP contribution in [0, 0.1) is 5.92 Å². The molecule has 1 N–H and O–H groups in total. The summed E-state index contributed by atoms with van der Waals surface area (Å²) < 4.78 is 0. The van der Waals surface area contributed by atoms with Gasteiger partial charge in [0.1, 0.15) is 0 Å². The Kier molecular flexibility index (Phi) is 4.87. The van der Waals surface area contributed by atoms with Crippen LogP contribution in [0.2, 0.25) is 0 Å². The average molecular weight is 238 g/mol. The topological polar surface area (TPSA) is 15.3 Å². The number of nitrogens with one attached hydrogen (secondary N) is 1. The molecule has 2 fully saturated rings. The normalized spacial score (nSPS) is 34.8. The van der Waals surface area contributed by atoms with E-state index in [0.717, 1.165) is 18.0 Å². The van der Waals surface area contributed by atoms with Gasteiger partial charge in [-0.1, -0.05) is 13.3 Å². The van der Waals surface area contributed by atoms with Gasteiger partial charge in [0, 0.05) is 24.7 Å². The van der Waals surface area contributed by atoms with Crippen molar-refractivity contribution in [2.75, 3.05) is 13.1 Å². The summed E-state index contributed by atoms with van der Waals surface area (Å²) in [5, 5.41) is 3.70. The molecule has 2 rings (SSSR count). The second-order valence-electron chi connectivity index (χ2n) is 6.51. The highest BCUT2D eigenvalue weighted by Crippen LogP contribution is 2.30. The van der Waals surface area contributed by atoms with Crippen molar-refractivity contribution in [1.82, 2.24) is 10.2 Å². The summed E-state index contributed by atoms with van der Waals surface area (Å²) in [6.07, 6.45) is 8.46. The van der Waals surface area contributed by atoms with Crippen molar-refractivity contribution in [1.29, 1.82) is 0 Å². The molecular weight excluding hydrogens is 208 g/mol. The molecule has 1 aliphatic heterocycles. The van der Waals surface area contributed by atoms with Crippen LogP contribution in [-0.2, 0) is 0 Å². The Morgan fingerprint density at radius 1 is 1.18 bits per heavy atom. The largest absolute Gasteiger partial charge is 0.313 e. The molecule has 2 heteroatoms. The van der Waals surface area contributed by atoms with Gasteiger partial charge in [-0.15, -0.1) is 0 Å². The Morgan fingerprint density at radius 2 is 2.00 bits per heavy atom. The van der Waals surface area contributed by atoms with Crippen LogP contribution in [0.1, 0.15) is 59.3 Å². The number of nitrogens with zero attached hydrogens (tertiary/aromatic N) is 1. The zero-order valence-electron chi connectivity index (χ0n) is 11.9. The molecule has 0 aromatic heterocycles. The molecule has 100 valence electrons. The number of hydrogen-bond acceptors (Lipinski definition) is 2. The molecule has 3 atom stereocenters. The molecule has 1 aliphatic carbocycles. The molecular formula is C15H30N2. The summed E-state index contributed by atoms with van der Waals surface area (Å²) in [5.41, 5.74) is 0. The van der Waals surface area contributed by atoms with Crippen LogP contribution in [0.3, 0.4) is 0 Å². The third kappa shape index (κ3) is 3.69. The van der Waals surface area contributed by atoms with Gasteiger partial charge < -0.3 is 5.32 Å². The van der Waals surface area contributed by atoms with Crippen LogP contribution in [0.15, 0.2) is 0 Å². The fourth-order valence-corrected chi connectivity index (χ4v) is 3.59. The molecule has 17 heavy (non-hydrogen) atoms. The van der Waals surface area contributed by atoms with E-state index in [2.05, 4.69) is 31.0 Å². The van der Waals surface area contributed by atoms with Crippen LogP contribution in [0.25, 0.3) is 0 Å². The van der Waals surface area contributed by atoms with Crippen molar-refractivity contribution < 1.29 is 0 Å². The third-order valence-electron chi connectivity index (χ3n) is 4.64. The molecule has 0 radical (unpaired) electrons. The van der Waals surface area contributed by atoms with Crippen LogP contribution < -0.4 is 5.32 Å². The molecule has 1 saturated carbocycles. The number of hydrogen-bond donors (Lipinski definition) is 1. The van der Waals surface area contributed by atoms with E-state index in [1.807, 2.05) is 0 Å². The van der Waals surface area contributed by atoms with Crippen LogP contribution in [0.4, 0.5) is 0 Å². The second kappa shape index (κ2) is 6.19. The molecule has 0 aromatic rings. The lowest BCUT2D eigenvalue weighted by molar-refractivity contribution is 0.128. The standard InChI is InChI=1S/C15H30N2/c1-12(2)17(15-8-7-13(3)10-15)11-14-6-4-5-9-16-14/h12-16H,4-11H2,1-3H3. The lowest BCUT2D eigenvalue weighted by Gasteiger charge is -2.37. The van der Waals surface area contributed by atoms with Gasteiger partial charge in [-0.25, -0.2) is 0 Å². The van der Waals surface area contributed by atoms with Crippen LogP contribution in [-0.4, -0.2) is 36.1 Å². The quantitative estimate of drug-likeness (QED) is 0.810. The molecule has 0 aromatic carbocycles. The highest BCUT2D eigenvalue weighted by atomic mass is 15.2. The van der Waals surface area contributed by atoms with Gasteiger partial charge in [0.25, 0.3) is 0 Å². The maximum atomic E-state index is 3.70. The zero-order valence-corrected chi connectivity index (χ0v) is 11.9. The first-order chi connectivity index (χ1) is 8.16. The minimum Gasteiger partial charge on any atom is -0.313 e. The van der Waals surface area contributed by atoms with Gasteiger partial charge in [-0.2, -0.15) is 0 Å². The molecule has 2 nitrogen and oxygen atoms in total. The third-order valence-corrected chi connectivity index (χ3v) is 4.64. The lowest BCUT2D eigenvalue weighted by atomic mass is 10.0. The molecule has 0 spiro atoms.